The van der Waals surface area contributed by atoms with Crippen molar-refractivity contribution in [1.29, 1.82) is 0 Å². The van der Waals surface area contributed by atoms with E-state index in [9.17, 15) is 4.79 Å². The van der Waals surface area contributed by atoms with Crippen LogP contribution in [0.15, 0.2) is 30.6 Å². The Labute approximate surface area is 87.2 Å². The molecule has 2 aromatic rings. The number of carbonyl (C=O) groups is 1. The van der Waals surface area contributed by atoms with Gasteiger partial charge in [-0.1, -0.05) is 0 Å². The zero-order chi connectivity index (χ0) is 10.3. The molecule has 0 bridgehead atoms. The molecule has 74 valence electrons. The predicted octanol–water partition coefficient (Wildman–Crippen LogP) is 2.22. The molecule has 1 aromatic heterocycles. The summed E-state index contributed by atoms with van der Waals surface area (Å²) in [7, 11) is 0. The molecule has 1 fully saturated rings. The maximum absolute atomic E-state index is 11.8. The first-order valence-electron chi connectivity index (χ1n) is 5.09. The lowest BCUT2D eigenvalue weighted by atomic mass is 10.1. The number of nitrogens with zero attached hydrogens (tertiary/aromatic N) is 2. The Balaban J connectivity index is 2.09. The molecule has 0 atom stereocenters. The van der Waals surface area contributed by atoms with Crippen molar-refractivity contribution in [2.75, 3.05) is 0 Å². The molecule has 3 heteroatoms. The summed E-state index contributed by atoms with van der Waals surface area (Å²) in [6.07, 6.45) is 5.38. The quantitative estimate of drug-likeness (QED) is 0.695. The van der Waals surface area contributed by atoms with Crippen LogP contribution < -0.4 is 0 Å². The van der Waals surface area contributed by atoms with Crippen LogP contribution in [0.25, 0.3) is 11.0 Å². The van der Waals surface area contributed by atoms with Crippen molar-refractivity contribution in [3.05, 3.63) is 36.2 Å². The maximum atomic E-state index is 11.8. The summed E-state index contributed by atoms with van der Waals surface area (Å²) < 4.78 is 0. The summed E-state index contributed by atoms with van der Waals surface area (Å²) in [5.41, 5.74) is 2.40. The second-order valence-electron chi connectivity index (χ2n) is 3.90. The summed E-state index contributed by atoms with van der Waals surface area (Å²) >= 11 is 0. The lowest BCUT2D eigenvalue weighted by Gasteiger charge is -2.00. The van der Waals surface area contributed by atoms with Crippen LogP contribution in [0.3, 0.4) is 0 Å². The summed E-state index contributed by atoms with van der Waals surface area (Å²) in [6.45, 7) is 0. The molecular formula is C12H10N2O. The lowest BCUT2D eigenvalue weighted by Crippen LogP contribution is -2.01. The number of Topliss-reactive ketones (excluding diaryl/α,β-unsaturated/α-hetero) is 1. The van der Waals surface area contributed by atoms with E-state index in [1.807, 2.05) is 18.2 Å². The van der Waals surface area contributed by atoms with Crippen LogP contribution in [0.1, 0.15) is 23.2 Å². The van der Waals surface area contributed by atoms with Gasteiger partial charge in [0.25, 0.3) is 0 Å². The molecule has 0 N–H and O–H groups in total. The van der Waals surface area contributed by atoms with E-state index < -0.39 is 0 Å². The predicted molar refractivity (Wildman–Crippen MR) is 56.6 cm³/mol. The number of fused-ring (bicyclic) bond motifs is 1. The third-order valence-electron chi connectivity index (χ3n) is 2.70. The van der Waals surface area contributed by atoms with E-state index >= 15 is 0 Å². The third-order valence-corrected chi connectivity index (χ3v) is 2.70. The Morgan fingerprint density at radius 2 is 1.87 bits per heavy atom. The Kier molecular flexibility index (Phi) is 1.78. The van der Waals surface area contributed by atoms with Gasteiger partial charge < -0.3 is 0 Å². The molecule has 15 heavy (non-hydrogen) atoms. The van der Waals surface area contributed by atoms with E-state index in [-0.39, 0.29) is 11.7 Å². The van der Waals surface area contributed by atoms with Crippen LogP contribution in [0.4, 0.5) is 0 Å². The average Bonchev–Trinajstić information content (AvgIpc) is 3.11. The second kappa shape index (κ2) is 3.12. The van der Waals surface area contributed by atoms with E-state index in [1.165, 1.54) is 0 Å². The molecule has 1 heterocycles. The monoisotopic (exact) mass is 198 g/mol. The van der Waals surface area contributed by atoms with Crippen molar-refractivity contribution in [3.63, 3.8) is 0 Å². The maximum Gasteiger partial charge on any atom is 0.166 e. The lowest BCUT2D eigenvalue weighted by molar-refractivity contribution is 0.0968. The summed E-state index contributed by atoms with van der Waals surface area (Å²) in [5.74, 6) is 0.515. The van der Waals surface area contributed by atoms with Gasteiger partial charge in [0.2, 0.25) is 0 Å². The van der Waals surface area contributed by atoms with Gasteiger partial charge in [-0.05, 0) is 31.0 Å². The highest BCUT2D eigenvalue weighted by Gasteiger charge is 2.30. The molecule has 0 radical (unpaired) electrons. The highest BCUT2D eigenvalue weighted by molar-refractivity contribution is 6.01. The molecule has 0 amide bonds. The topological polar surface area (TPSA) is 42.9 Å². The number of carbonyl (C=O) groups excluding carboxylic acids is 1. The molecule has 1 aliphatic carbocycles. The van der Waals surface area contributed by atoms with Gasteiger partial charge in [0.05, 0.1) is 11.0 Å². The van der Waals surface area contributed by atoms with Crippen LogP contribution in [-0.4, -0.2) is 15.8 Å². The van der Waals surface area contributed by atoms with E-state index in [0.29, 0.717) is 0 Å². The molecule has 0 unspecified atom stereocenters. The van der Waals surface area contributed by atoms with Crippen LogP contribution in [-0.2, 0) is 0 Å². The number of benzene rings is 1. The van der Waals surface area contributed by atoms with Gasteiger partial charge in [-0.25, -0.2) is 0 Å². The zero-order valence-corrected chi connectivity index (χ0v) is 8.18. The van der Waals surface area contributed by atoms with Crippen molar-refractivity contribution in [2.45, 2.75) is 12.8 Å². The Morgan fingerprint density at radius 1 is 1.13 bits per heavy atom. The molecule has 0 spiro atoms. The number of hydrogen-bond acceptors (Lipinski definition) is 3. The first-order chi connectivity index (χ1) is 7.34. The molecule has 0 aliphatic heterocycles. The summed E-state index contributed by atoms with van der Waals surface area (Å²) in [4.78, 5) is 20.2. The molecule has 1 aromatic carbocycles. The number of hydrogen-bond donors (Lipinski definition) is 0. The van der Waals surface area contributed by atoms with Gasteiger partial charge in [0.1, 0.15) is 0 Å². The Morgan fingerprint density at radius 3 is 2.60 bits per heavy atom. The SMILES string of the molecule is O=C(c1ccc2nccnc2c1)C1CC1. The summed E-state index contributed by atoms with van der Waals surface area (Å²) in [5, 5.41) is 0. The molecular weight excluding hydrogens is 188 g/mol. The first kappa shape index (κ1) is 8.53. The average molecular weight is 198 g/mol. The minimum Gasteiger partial charge on any atom is -0.294 e. The number of aromatic nitrogens is 2. The number of rotatable bonds is 2. The fraction of sp³-hybridized carbons (Fsp3) is 0.250. The van der Waals surface area contributed by atoms with Gasteiger partial charge in [-0.2, -0.15) is 0 Å². The van der Waals surface area contributed by atoms with E-state index in [2.05, 4.69) is 9.97 Å². The Hall–Kier alpha value is -1.77. The van der Waals surface area contributed by atoms with Crippen molar-refractivity contribution < 1.29 is 4.79 Å². The van der Waals surface area contributed by atoms with Crippen molar-refractivity contribution in [2.24, 2.45) is 5.92 Å². The minimum atomic E-state index is 0.252. The fourth-order valence-electron chi connectivity index (χ4n) is 1.70. The smallest absolute Gasteiger partial charge is 0.166 e. The fourth-order valence-corrected chi connectivity index (χ4v) is 1.70. The van der Waals surface area contributed by atoms with Crippen molar-refractivity contribution in [3.8, 4) is 0 Å². The highest BCUT2D eigenvalue weighted by Crippen LogP contribution is 2.32. The molecule has 1 aliphatic rings. The highest BCUT2D eigenvalue weighted by atomic mass is 16.1. The van der Waals surface area contributed by atoms with Crippen LogP contribution in [0.5, 0.6) is 0 Å². The molecule has 0 saturated heterocycles. The van der Waals surface area contributed by atoms with E-state index in [0.717, 1.165) is 29.4 Å². The standard InChI is InChI=1S/C12H10N2O/c15-12(8-1-2-8)9-3-4-10-11(7-9)14-6-5-13-10/h3-8H,1-2H2. The van der Waals surface area contributed by atoms with Crippen LogP contribution in [0, 0.1) is 5.92 Å². The Bertz CT molecular complexity index is 532. The largest absolute Gasteiger partial charge is 0.294 e. The van der Waals surface area contributed by atoms with Gasteiger partial charge >= 0.3 is 0 Å². The van der Waals surface area contributed by atoms with E-state index in [4.69, 9.17) is 0 Å². The van der Waals surface area contributed by atoms with Gasteiger partial charge in [-0.15, -0.1) is 0 Å². The molecule has 1 saturated carbocycles. The van der Waals surface area contributed by atoms with Crippen molar-refractivity contribution >= 4 is 16.8 Å². The third kappa shape index (κ3) is 1.50. The number of ketones is 1. The van der Waals surface area contributed by atoms with Gasteiger partial charge in [0, 0.05) is 23.9 Å². The van der Waals surface area contributed by atoms with Crippen LogP contribution in [0.2, 0.25) is 0 Å². The zero-order valence-electron chi connectivity index (χ0n) is 8.18. The molecule has 3 nitrogen and oxygen atoms in total. The minimum absolute atomic E-state index is 0.252. The van der Waals surface area contributed by atoms with Gasteiger partial charge in [0.15, 0.2) is 5.78 Å². The second-order valence-corrected chi connectivity index (χ2v) is 3.90. The van der Waals surface area contributed by atoms with Crippen molar-refractivity contribution in [1.82, 2.24) is 9.97 Å². The van der Waals surface area contributed by atoms with Crippen LogP contribution >= 0.6 is 0 Å². The first-order valence-corrected chi connectivity index (χ1v) is 5.09. The normalized spacial score (nSPS) is 15.5. The summed E-state index contributed by atoms with van der Waals surface area (Å²) in [6, 6.07) is 5.54. The van der Waals surface area contributed by atoms with E-state index in [1.54, 1.807) is 12.4 Å². The van der Waals surface area contributed by atoms with Gasteiger partial charge in [-0.3, -0.25) is 14.8 Å². The molecule has 3 rings (SSSR count).